The number of carbonyl (C=O) groups excluding carboxylic acids is 1. The van der Waals surface area contributed by atoms with Gasteiger partial charge in [-0.25, -0.2) is 0 Å². The van der Waals surface area contributed by atoms with E-state index in [0.717, 1.165) is 36.7 Å². The molecule has 1 heterocycles. The van der Waals surface area contributed by atoms with E-state index in [9.17, 15) is 28.2 Å². The second-order valence-electron chi connectivity index (χ2n) is 5.87. The average Bonchev–Trinajstić information content (AvgIpc) is 2.80. The number of benzene rings is 1. The van der Waals surface area contributed by atoms with Gasteiger partial charge in [-0.15, -0.1) is 0 Å². The summed E-state index contributed by atoms with van der Waals surface area (Å²) >= 11 is 0.906. The summed E-state index contributed by atoms with van der Waals surface area (Å²) in [6, 6.07) is 3.02. The van der Waals surface area contributed by atoms with Crippen LogP contribution < -0.4 is 0 Å². The molecule has 0 saturated carbocycles. The number of aliphatic hydroxyl groups excluding tert-OH is 1. The predicted molar refractivity (Wildman–Crippen MR) is 90.5 cm³/mol. The first-order valence-corrected chi connectivity index (χ1v) is 8.82. The molecule has 1 amide bonds. The van der Waals surface area contributed by atoms with Gasteiger partial charge in [0, 0.05) is 6.54 Å². The van der Waals surface area contributed by atoms with Crippen LogP contribution in [0.25, 0.3) is 6.08 Å². The average molecular weight is 375 g/mol. The highest BCUT2D eigenvalue weighted by Gasteiger charge is 2.36. The van der Waals surface area contributed by atoms with Crippen molar-refractivity contribution in [3.05, 3.63) is 34.2 Å². The maximum absolute atomic E-state index is 12.9. The highest BCUT2D eigenvalue weighted by Crippen LogP contribution is 2.39. The van der Waals surface area contributed by atoms with Crippen molar-refractivity contribution in [2.75, 3.05) is 6.54 Å². The molecular formula is C17H20F3NO3S. The van der Waals surface area contributed by atoms with Crippen LogP contribution in [0.3, 0.4) is 0 Å². The summed E-state index contributed by atoms with van der Waals surface area (Å²) in [5, 5.41) is 19.4. The topological polar surface area (TPSA) is 60.8 Å². The first kappa shape index (κ1) is 19.7. The third-order valence-electron chi connectivity index (χ3n) is 4.20. The SMILES string of the molecule is CCC(CC)CN1C(=O)/C(=C/c2ccc(O)c(C(F)(F)F)c2)SC1O. The number of aliphatic hydroxyl groups is 1. The summed E-state index contributed by atoms with van der Waals surface area (Å²) in [6.07, 6.45) is -1.66. The molecule has 2 N–H and O–H groups in total. The van der Waals surface area contributed by atoms with Gasteiger partial charge in [-0.05, 0) is 29.7 Å². The molecule has 2 rings (SSSR count). The Kier molecular flexibility index (Phi) is 6.05. The zero-order chi connectivity index (χ0) is 18.8. The van der Waals surface area contributed by atoms with E-state index in [0.29, 0.717) is 6.54 Å². The van der Waals surface area contributed by atoms with Crippen LogP contribution in [0.5, 0.6) is 5.75 Å². The minimum atomic E-state index is -4.69. The van der Waals surface area contributed by atoms with Crippen LogP contribution in [0.1, 0.15) is 37.8 Å². The van der Waals surface area contributed by atoms with Crippen LogP contribution in [0.4, 0.5) is 13.2 Å². The maximum Gasteiger partial charge on any atom is 0.419 e. The van der Waals surface area contributed by atoms with Gasteiger partial charge in [-0.1, -0.05) is 44.5 Å². The molecule has 1 aliphatic rings. The number of amides is 1. The lowest BCUT2D eigenvalue weighted by molar-refractivity contribution is -0.138. The number of thioether (sulfide) groups is 1. The first-order valence-electron chi connectivity index (χ1n) is 7.95. The van der Waals surface area contributed by atoms with Crippen molar-refractivity contribution in [3.8, 4) is 5.75 Å². The van der Waals surface area contributed by atoms with Crippen LogP contribution in [-0.2, 0) is 11.0 Å². The van der Waals surface area contributed by atoms with Crippen LogP contribution in [0.15, 0.2) is 23.1 Å². The van der Waals surface area contributed by atoms with E-state index in [4.69, 9.17) is 0 Å². The zero-order valence-corrected chi connectivity index (χ0v) is 14.7. The molecule has 138 valence electrons. The van der Waals surface area contributed by atoms with Crippen molar-refractivity contribution in [1.82, 2.24) is 4.90 Å². The van der Waals surface area contributed by atoms with E-state index in [2.05, 4.69) is 0 Å². The lowest BCUT2D eigenvalue weighted by Crippen LogP contribution is -2.36. The molecule has 1 saturated heterocycles. The smallest absolute Gasteiger partial charge is 0.419 e. The third-order valence-corrected chi connectivity index (χ3v) is 5.22. The van der Waals surface area contributed by atoms with E-state index >= 15 is 0 Å². The summed E-state index contributed by atoms with van der Waals surface area (Å²) in [5.74, 6) is -1.01. The molecule has 1 unspecified atom stereocenters. The second-order valence-corrected chi connectivity index (χ2v) is 6.96. The summed E-state index contributed by atoms with van der Waals surface area (Å²) < 4.78 is 38.6. The second kappa shape index (κ2) is 7.70. The minimum Gasteiger partial charge on any atom is -0.507 e. The molecule has 1 atom stereocenters. The number of alkyl halides is 3. The Morgan fingerprint density at radius 2 is 1.96 bits per heavy atom. The van der Waals surface area contributed by atoms with E-state index in [1.54, 1.807) is 0 Å². The van der Waals surface area contributed by atoms with Gasteiger partial charge >= 0.3 is 6.18 Å². The van der Waals surface area contributed by atoms with Crippen molar-refractivity contribution in [3.63, 3.8) is 0 Å². The molecule has 0 aromatic heterocycles. The number of phenolic OH excluding ortho intramolecular Hbond substituents is 1. The van der Waals surface area contributed by atoms with Gasteiger partial charge in [0.2, 0.25) is 0 Å². The van der Waals surface area contributed by atoms with Gasteiger partial charge in [-0.2, -0.15) is 13.2 Å². The van der Waals surface area contributed by atoms with Gasteiger partial charge < -0.3 is 15.1 Å². The number of aromatic hydroxyl groups is 1. The third kappa shape index (κ3) is 4.49. The highest BCUT2D eigenvalue weighted by atomic mass is 32.2. The van der Waals surface area contributed by atoms with E-state index in [1.807, 2.05) is 13.8 Å². The molecule has 1 aliphatic heterocycles. The fourth-order valence-corrected chi connectivity index (χ4v) is 3.54. The van der Waals surface area contributed by atoms with Gasteiger partial charge in [-0.3, -0.25) is 4.79 Å². The van der Waals surface area contributed by atoms with E-state index in [1.165, 1.54) is 17.0 Å². The molecule has 1 fully saturated rings. The first-order chi connectivity index (χ1) is 11.7. The normalized spacial score (nSPS) is 20.1. The number of phenols is 1. The van der Waals surface area contributed by atoms with Crippen molar-refractivity contribution < 1.29 is 28.2 Å². The standard InChI is InChI=1S/C17H20F3NO3S/c1-3-10(4-2)9-21-15(23)14(25-16(21)24)8-11-5-6-13(22)12(7-11)17(18,19)20/h5-8,10,16,22,24H,3-4,9H2,1-2H3/b14-8-. The fourth-order valence-electron chi connectivity index (χ4n) is 2.59. The Bertz CT molecular complexity index is 672. The maximum atomic E-state index is 12.9. The monoisotopic (exact) mass is 375 g/mol. The number of rotatable bonds is 5. The summed E-state index contributed by atoms with van der Waals surface area (Å²) in [5.41, 5.74) is -2.07. The Labute approximate surface area is 148 Å². The molecular weight excluding hydrogens is 355 g/mol. The van der Waals surface area contributed by atoms with Crippen molar-refractivity contribution >= 4 is 23.7 Å². The molecule has 0 radical (unpaired) electrons. The Hall–Kier alpha value is -1.67. The number of halogens is 3. The Morgan fingerprint density at radius 1 is 1.32 bits per heavy atom. The summed E-state index contributed by atoms with van der Waals surface area (Å²) in [4.78, 5) is 14.0. The minimum absolute atomic E-state index is 0.137. The van der Waals surface area contributed by atoms with Crippen LogP contribution in [0.2, 0.25) is 0 Å². The van der Waals surface area contributed by atoms with Crippen molar-refractivity contribution in [2.45, 2.75) is 38.4 Å². The molecule has 4 nitrogen and oxygen atoms in total. The van der Waals surface area contributed by atoms with E-state index in [-0.39, 0.29) is 16.4 Å². The zero-order valence-electron chi connectivity index (χ0n) is 13.9. The lowest BCUT2D eigenvalue weighted by Gasteiger charge is -2.23. The Morgan fingerprint density at radius 3 is 2.52 bits per heavy atom. The number of nitrogens with zero attached hydrogens (tertiary/aromatic N) is 1. The Balaban J connectivity index is 2.26. The molecule has 0 spiro atoms. The predicted octanol–water partition coefficient (Wildman–Crippen LogP) is 4.04. The number of carbonyl (C=O) groups is 1. The van der Waals surface area contributed by atoms with Crippen molar-refractivity contribution in [2.24, 2.45) is 5.92 Å². The summed E-state index contributed by atoms with van der Waals surface area (Å²) in [7, 11) is 0. The van der Waals surface area contributed by atoms with Gasteiger partial charge in [0.15, 0.2) is 5.56 Å². The molecule has 25 heavy (non-hydrogen) atoms. The highest BCUT2D eigenvalue weighted by molar-refractivity contribution is 8.05. The van der Waals surface area contributed by atoms with Crippen LogP contribution in [0, 0.1) is 5.92 Å². The fraction of sp³-hybridized carbons (Fsp3) is 0.471. The van der Waals surface area contributed by atoms with E-state index < -0.39 is 29.0 Å². The van der Waals surface area contributed by atoms with Gasteiger partial charge in [0.05, 0.1) is 10.5 Å². The van der Waals surface area contributed by atoms with Crippen LogP contribution in [-0.4, -0.2) is 33.1 Å². The molecule has 0 bridgehead atoms. The largest absolute Gasteiger partial charge is 0.507 e. The quantitative estimate of drug-likeness (QED) is 0.763. The number of hydrogen-bond acceptors (Lipinski definition) is 4. The molecule has 0 aliphatic carbocycles. The summed E-state index contributed by atoms with van der Waals surface area (Å²) in [6.45, 7) is 4.40. The molecule has 1 aromatic carbocycles. The number of hydrogen-bond donors (Lipinski definition) is 2. The van der Waals surface area contributed by atoms with Crippen LogP contribution >= 0.6 is 11.8 Å². The lowest BCUT2D eigenvalue weighted by atomic mass is 10.0. The van der Waals surface area contributed by atoms with Gasteiger partial charge in [0.1, 0.15) is 5.75 Å². The molecule has 1 aromatic rings. The van der Waals surface area contributed by atoms with Crippen molar-refractivity contribution in [1.29, 1.82) is 0 Å². The molecule has 8 heteroatoms. The van der Waals surface area contributed by atoms with Gasteiger partial charge in [0.25, 0.3) is 5.91 Å².